The molecule has 5 unspecified atom stereocenters. The molecular weight excluding hydrogens is 122 g/mol. The molecule has 2 bridgehead atoms. The molecule has 10 heavy (non-hydrogen) atoms. The van der Waals surface area contributed by atoms with E-state index in [1.165, 1.54) is 25.7 Å². The van der Waals surface area contributed by atoms with Crippen LogP contribution in [0.3, 0.4) is 0 Å². The van der Waals surface area contributed by atoms with Crippen molar-refractivity contribution in [3.05, 3.63) is 0 Å². The van der Waals surface area contributed by atoms with Gasteiger partial charge in [0.2, 0.25) is 0 Å². The summed E-state index contributed by atoms with van der Waals surface area (Å²) in [6.07, 6.45) is 5.91. The molecule has 0 heterocycles. The second kappa shape index (κ2) is 1.58. The van der Waals surface area contributed by atoms with E-state index in [0.717, 1.165) is 23.7 Å². The highest BCUT2D eigenvalue weighted by atomic mass is 14.8. The van der Waals surface area contributed by atoms with E-state index in [-0.39, 0.29) is 0 Å². The summed E-state index contributed by atoms with van der Waals surface area (Å²) in [6, 6.07) is 0.601. The fourth-order valence-electron chi connectivity index (χ4n) is 3.82. The molecule has 3 aliphatic rings. The normalized spacial score (nSPS) is 63.9. The summed E-state index contributed by atoms with van der Waals surface area (Å²) >= 11 is 0. The Morgan fingerprint density at radius 2 is 1.80 bits per heavy atom. The van der Waals surface area contributed by atoms with E-state index < -0.39 is 0 Å². The highest BCUT2D eigenvalue weighted by molar-refractivity contribution is 5.06. The first-order valence-corrected chi connectivity index (χ1v) is 4.62. The first-order chi connectivity index (χ1) is 4.86. The Hall–Kier alpha value is -0.0400. The van der Waals surface area contributed by atoms with Crippen LogP contribution in [0, 0.1) is 23.7 Å². The number of hydrogen-bond donors (Lipinski definition) is 1. The molecule has 1 nitrogen and oxygen atoms in total. The molecule has 0 aromatic rings. The van der Waals surface area contributed by atoms with Crippen LogP contribution in [0.4, 0.5) is 0 Å². The summed E-state index contributed by atoms with van der Waals surface area (Å²) in [6.45, 7) is 0. The molecule has 56 valence electrons. The van der Waals surface area contributed by atoms with Crippen LogP contribution >= 0.6 is 0 Å². The van der Waals surface area contributed by atoms with Crippen molar-refractivity contribution in [2.24, 2.45) is 29.4 Å². The average molecular weight is 137 g/mol. The van der Waals surface area contributed by atoms with Gasteiger partial charge in [0, 0.05) is 6.04 Å². The molecule has 2 N–H and O–H groups in total. The third-order valence-corrected chi connectivity index (χ3v) is 4.25. The fraction of sp³-hybridized carbons (Fsp3) is 1.00. The standard InChI is InChI=1S/C9H15N/c10-9-6-3-5-1-2-7(9)8(5)4-6/h5-9H,1-4,10H2. The quantitative estimate of drug-likeness (QED) is 0.536. The second-order valence-electron chi connectivity index (χ2n) is 4.47. The van der Waals surface area contributed by atoms with E-state index in [9.17, 15) is 0 Å². The minimum absolute atomic E-state index is 0.601. The number of nitrogens with two attached hydrogens (primary N) is 1. The van der Waals surface area contributed by atoms with Crippen LogP contribution in [-0.4, -0.2) is 6.04 Å². The van der Waals surface area contributed by atoms with E-state index in [2.05, 4.69) is 0 Å². The van der Waals surface area contributed by atoms with Crippen molar-refractivity contribution >= 4 is 0 Å². The molecule has 0 saturated heterocycles. The maximum Gasteiger partial charge on any atom is 0.00985 e. The van der Waals surface area contributed by atoms with Gasteiger partial charge in [0.25, 0.3) is 0 Å². The largest absolute Gasteiger partial charge is 0.327 e. The molecule has 0 spiro atoms. The summed E-state index contributed by atoms with van der Waals surface area (Å²) < 4.78 is 0. The van der Waals surface area contributed by atoms with Gasteiger partial charge in [-0.15, -0.1) is 0 Å². The van der Waals surface area contributed by atoms with E-state index in [4.69, 9.17) is 5.73 Å². The lowest BCUT2D eigenvalue weighted by Crippen LogP contribution is -2.34. The third-order valence-electron chi connectivity index (χ3n) is 4.25. The molecule has 0 aromatic carbocycles. The molecule has 0 radical (unpaired) electrons. The third kappa shape index (κ3) is 0.460. The van der Waals surface area contributed by atoms with Crippen LogP contribution in [0.5, 0.6) is 0 Å². The van der Waals surface area contributed by atoms with Crippen molar-refractivity contribution in [2.75, 3.05) is 0 Å². The van der Waals surface area contributed by atoms with Gasteiger partial charge in [0.1, 0.15) is 0 Å². The fourth-order valence-corrected chi connectivity index (χ4v) is 3.82. The maximum atomic E-state index is 6.10. The SMILES string of the molecule is NC1C2CC3CCC1C3C2. The van der Waals surface area contributed by atoms with E-state index >= 15 is 0 Å². The van der Waals surface area contributed by atoms with Crippen molar-refractivity contribution in [3.8, 4) is 0 Å². The van der Waals surface area contributed by atoms with Crippen molar-refractivity contribution in [1.29, 1.82) is 0 Å². The second-order valence-corrected chi connectivity index (χ2v) is 4.47. The summed E-state index contributed by atoms with van der Waals surface area (Å²) in [5, 5.41) is 0. The van der Waals surface area contributed by atoms with Gasteiger partial charge in [-0.05, 0) is 49.4 Å². The van der Waals surface area contributed by atoms with E-state index in [1.807, 2.05) is 0 Å². The molecule has 1 heteroatoms. The van der Waals surface area contributed by atoms with Crippen molar-refractivity contribution < 1.29 is 0 Å². The molecule has 3 saturated carbocycles. The highest BCUT2D eigenvalue weighted by Crippen LogP contribution is 2.58. The summed E-state index contributed by atoms with van der Waals surface area (Å²) in [4.78, 5) is 0. The molecule has 3 fully saturated rings. The van der Waals surface area contributed by atoms with Crippen molar-refractivity contribution in [3.63, 3.8) is 0 Å². The Kier molecular flexibility index (Phi) is 0.883. The molecule has 5 atom stereocenters. The Morgan fingerprint density at radius 3 is 2.50 bits per heavy atom. The molecule has 3 rings (SSSR count). The van der Waals surface area contributed by atoms with Crippen LogP contribution in [0.15, 0.2) is 0 Å². The van der Waals surface area contributed by atoms with Crippen LogP contribution in [0.1, 0.15) is 25.7 Å². The van der Waals surface area contributed by atoms with Gasteiger partial charge in [-0.2, -0.15) is 0 Å². The topological polar surface area (TPSA) is 26.0 Å². The average Bonchev–Trinajstić information content (AvgIpc) is 2.43. The first kappa shape index (κ1) is 5.59. The smallest absolute Gasteiger partial charge is 0.00985 e. The minimum atomic E-state index is 0.601. The van der Waals surface area contributed by atoms with Gasteiger partial charge >= 0.3 is 0 Å². The Balaban J connectivity index is 2.00. The van der Waals surface area contributed by atoms with Crippen molar-refractivity contribution in [1.82, 2.24) is 0 Å². The van der Waals surface area contributed by atoms with Gasteiger partial charge in [-0.1, -0.05) is 0 Å². The zero-order chi connectivity index (χ0) is 6.72. The van der Waals surface area contributed by atoms with Gasteiger partial charge in [-0.3, -0.25) is 0 Å². The van der Waals surface area contributed by atoms with Gasteiger partial charge in [0.05, 0.1) is 0 Å². The monoisotopic (exact) mass is 137 g/mol. The summed E-state index contributed by atoms with van der Waals surface area (Å²) in [7, 11) is 0. The molecule has 3 aliphatic carbocycles. The molecule has 0 aliphatic heterocycles. The zero-order valence-electron chi connectivity index (χ0n) is 6.29. The Labute approximate surface area is 62.0 Å². The maximum absolute atomic E-state index is 6.10. The van der Waals surface area contributed by atoms with Gasteiger partial charge < -0.3 is 5.73 Å². The Bertz CT molecular complexity index is 164. The minimum Gasteiger partial charge on any atom is -0.327 e. The lowest BCUT2D eigenvalue weighted by atomic mass is 9.85. The number of rotatable bonds is 0. The lowest BCUT2D eigenvalue weighted by molar-refractivity contribution is 0.293. The molecule has 0 amide bonds. The predicted octanol–water partition coefficient (Wildman–Crippen LogP) is 1.38. The highest BCUT2D eigenvalue weighted by Gasteiger charge is 2.54. The van der Waals surface area contributed by atoms with Crippen LogP contribution < -0.4 is 5.73 Å². The number of fused-ring (bicyclic) bond motifs is 1. The summed E-state index contributed by atoms with van der Waals surface area (Å²) in [5.41, 5.74) is 6.10. The summed E-state index contributed by atoms with van der Waals surface area (Å²) in [5.74, 6) is 4.06. The van der Waals surface area contributed by atoms with E-state index in [1.54, 1.807) is 0 Å². The Morgan fingerprint density at radius 1 is 0.900 bits per heavy atom. The first-order valence-electron chi connectivity index (χ1n) is 4.62. The zero-order valence-corrected chi connectivity index (χ0v) is 6.29. The molecule has 0 aromatic heterocycles. The lowest BCUT2D eigenvalue weighted by Gasteiger charge is -2.24. The molecular formula is C9H15N. The van der Waals surface area contributed by atoms with Gasteiger partial charge in [-0.25, -0.2) is 0 Å². The van der Waals surface area contributed by atoms with Crippen LogP contribution in [-0.2, 0) is 0 Å². The van der Waals surface area contributed by atoms with Gasteiger partial charge in [0.15, 0.2) is 0 Å². The van der Waals surface area contributed by atoms with Crippen molar-refractivity contribution in [2.45, 2.75) is 31.7 Å². The van der Waals surface area contributed by atoms with E-state index in [0.29, 0.717) is 6.04 Å². The predicted molar refractivity (Wildman–Crippen MR) is 40.4 cm³/mol. The van der Waals surface area contributed by atoms with Crippen LogP contribution in [0.25, 0.3) is 0 Å². The number of hydrogen-bond acceptors (Lipinski definition) is 1. The van der Waals surface area contributed by atoms with Crippen LogP contribution in [0.2, 0.25) is 0 Å².